The zero-order valence-electron chi connectivity index (χ0n) is 17.4. The van der Waals surface area contributed by atoms with Crippen LogP contribution in [-0.2, 0) is 9.59 Å². The maximum atomic E-state index is 14.5. The molecule has 0 radical (unpaired) electrons. The first kappa shape index (κ1) is 20.0. The molecule has 3 aromatic carbocycles. The highest BCUT2D eigenvalue weighted by Crippen LogP contribution is 2.36. The van der Waals surface area contributed by atoms with Gasteiger partial charge in [-0.2, -0.15) is 0 Å². The zero-order valence-corrected chi connectivity index (χ0v) is 17.4. The van der Waals surface area contributed by atoms with Gasteiger partial charge in [0.15, 0.2) is 0 Å². The summed E-state index contributed by atoms with van der Waals surface area (Å²) < 4.78 is 14.5. The topological polar surface area (TPSA) is 43.9 Å². The average molecular weight is 427 g/mol. The first-order valence-corrected chi connectivity index (χ1v) is 10.6. The first-order valence-electron chi connectivity index (χ1n) is 10.6. The van der Waals surface area contributed by atoms with E-state index in [1.165, 1.54) is 12.1 Å². The molecule has 0 saturated carbocycles. The summed E-state index contributed by atoms with van der Waals surface area (Å²) in [6.45, 7) is 2.61. The quantitative estimate of drug-likeness (QED) is 0.592. The van der Waals surface area contributed by atoms with Crippen molar-refractivity contribution in [2.45, 2.75) is 0 Å². The standard InChI is InChI=1S/C26H22FN3O2/c27-21-13-7-8-14-22(21)30-25(31)23(19-9-3-1-4-10-19)24(26(30)32)29-17-15-28(16-18-29)20-11-5-2-6-12-20/h1-14H,15-18H2. The number of imide groups is 1. The lowest BCUT2D eigenvalue weighted by atomic mass is 10.0. The van der Waals surface area contributed by atoms with E-state index >= 15 is 0 Å². The second-order valence-corrected chi connectivity index (χ2v) is 7.80. The van der Waals surface area contributed by atoms with E-state index in [-0.39, 0.29) is 5.69 Å². The molecule has 2 amide bonds. The van der Waals surface area contributed by atoms with Crippen LogP contribution >= 0.6 is 0 Å². The summed E-state index contributed by atoms with van der Waals surface area (Å²) in [7, 11) is 0. The normalized spacial score (nSPS) is 16.8. The van der Waals surface area contributed by atoms with Crippen molar-refractivity contribution >= 4 is 28.8 Å². The van der Waals surface area contributed by atoms with Crippen molar-refractivity contribution in [1.29, 1.82) is 0 Å². The van der Waals surface area contributed by atoms with Gasteiger partial charge in [-0.25, -0.2) is 9.29 Å². The molecule has 3 aromatic rings. The maximum Gasteiger partial charge on any atom is 0.282 e. The van der Waals surface area contributed by atoms with E-state index in [2.05, 4.69) is 17.0 Å². The Bertz CT molecular complexity index is 1190. The van der Waals surface area contributed by atoms with Crippen molar-refractivity contribution in [3.8, 4) is 0 Å². The van der Waals surface area contributed by atoms with Crippen molar-refractivity contribution in [2.24, 2.45) is 0 Å². The Morgan fingerprint density at radius 3 is 1.84 bits per heavy atom. The molecule has 1 fully saturated rings. The van der Waals surface area contributed by atoms with Gasteiger partial charge >= 0.3 is 0 Å². The Morgan fingerprint density at radius 1 is 0.625 bits per heavy atom. The number of halogens is 1. The third kappa shape index (κ3) is 3.43. The van der Waals surface area contributed by atoms with Crippen molar-refractivity contribution < 1.29 is 14.0 Å². The molecule has 160 valence electrons. The van der Waals surface area contributed by atoms with Gasteiger partial charge in [0, 0.05) is 31.9 Å². The molecule has 0 N–H and O–H groups in total. The monoisotopic (exact) mass is 427 g/mol. The summed E-state index contributed by atoms with van der Waals surface area (Å²) in [6, 6.07) is 25.1. The number of rotatable bonds is 4. The first-order chi connectivity index (χ1) is 15.6. The highest BCUT2D eigenvalue weighted by Gasteiger charge is 2.43. The third-order valence-electron chi connectivity index (χ3n) is 5.93. The summed E-state index contributed by atoms with van der Waals surface area (Å²) in [4.78, 5) is 32.2. The molecule has 0 aliphatic carbocycles. The van der Waals surface area contributed by atoms with E-state index in [0.717, 1.165) is 23.7 Å². The SMILES string of the molecule is O=C1C(c2ccccc2)=C(N2CCN(c3ccccc3)CC2)C(=O)N1c1ccccc1F. The fourth-order valence-corrected chi connectivity index (χ4v) is 4.36. The summed E-state index contributed by atoms with van der Waals surface area (Å²) in [5.41, 5.74) is 2.44. The van der Waals surface area contributed by atoms with E-state index in [9.17, 15) is 14.0 Å². The largest absolute Gasteiger partial charge is 0.368 e. The van der Waals surface area contributed by atoms with Gasteiger partial charge in [0.25, 0.3) is 11.8 Å². The lowest BCUT2D eigenvalue weighted by Crippen LogP contribution is -2.47. The number of carbonyl (C=O) groups is 2. The molecule has 32 heavy (non-hydrogen) atoms. The molecular weight excluding hydrogens is 405 g/mol. The molecule has 2 heterocycles. The number of nitrogens with zero attached hydrogens (tertiary/aromatic N) is 3. The van der Waals surface area contributed by atoms with Crippen LogP contribution < -0.4 is 9.80 Å². The van der Waals surface area contributed by atoms with E-state index in [0.29, 0.717) is 29.9 Å². The van der Waals surface area contributed by atoms with Crippen LogP contribution in [0.5, 0.6) is 0 Å². The Morgan fingerprint density at radius 2 is 1.19 bits per heavy atom. The number of benzene rings is 3. The molecule has 6 heteroatoms. The van der Waals surface area contributed by atoms with E-state index < -0.39 is 17.6 Å². The van der Waals surface area contributed by atoms with Crippen molar-refractivity contribution in [3.63, 3.8) is 0 Å². The average Bonchev–Trinajstić information content (AvgIpc) is 3.10. The van der Waals surface area contributed by atoms with Crippen LogP contribution in [0.15, 0.2) is 90.6 Å². The van der Waals surface area contributed by atoms with Crippen molar-refractivity contribution in [3.05, 3.63) is 102 Å². The van der Waals surface area contributed by atoms with Gasteiger partial charge in [-0.15, -0.1) is 0 Å². The smallest absolute Gasteiger partial charge is 0.282 e. The minimum absolute atomic E-state index is 0.0196. The summed E-state index contributed by atoms with van der Waals surface area (Å²) >= 11 is 0. The molecule has 2 aliphatic heterocycles. The number of anilines is 2. The van der Waals surface area contributed by atoms with Crippen LogP contribution in [0.2, 0.25) is 0 Å². The van der Waals surface area contributed by atoms with Crippen LogP contribution in [0.3, 0.4) is 0 Å². The second-order valence-electron chi connectivity index (χ2n) is 7.80. The molecule has 5 nitrogen and oxygen atoms in total. The van der Waals surface area contributed by atoms with Gasteiger partial charge in [-0.1, -0.05) is 60.7 Å². The van der Waals surface area contributed by atoms with Crippen LogP contribution in [0.25, 0.3) is 5.57 Å². The number of para-hydroxylation sites is 2. The maximum absolute atomic E-state index is 14.5. The van der Waals surface area contributed by atoms with Crippen LogP contribution in [0.1, 0.15) is 5.56 Å². The number of amides is 2. The third-order valence-corrected chi connectivity index (χ3v) is 5.93. The Balaban J connectivity index is 1.50. The number of carbonyl (C=O) groups excluding carboxylic acids is 2. The lowest BCUT2D eigenvalue weighted by Gasteiger charge is -2.37. The van der Waals surface area contributed by atoms with E-state index in [1.807, 2.05) is 53.4 Å². The fraction of sp³-hybridized carbons (Fsp3) is 0.154. The highest BCUT2D eigenvalue weighted by atomic mass is 19.1. The molecule has 0 bridgehead atoms. The van der Waals surface area contributed by atoms with Gasteiger partial charge in [0.05, 0.1) is 11.3 Å². The molecule has 2 aliphatic rings. The lowest BCUT2D eigenvalue weighted by molar-refractivity contribution is -0.120. The predicted octanol–water partition coefficient (Wildman–Crippen LogP) is 3.93. The minimum Gasteiger partial charge on any atom is -0.368 e. The summed E-state index contributed by atoms with van der Waals surface area (Å²) in [6.07, 6.45) is 0. The molecule has 0 atom stereocenters. The Kier molecular flexibility index (Phi) is 5.19. The minimum atomic E-state index is -0.600. The molecule has 5 rings (SSSR count). The highest BCUT2D eigenvalue weighted by molar-refractivity contribution is 6.45. The fourth-order valence-electron chi connectivity index (χ4n) is 4.36. The second kappa shape index (κ2) is 8.30. The Labute approximate surface area is 186 Å². The van der Waals surface area contributed by atoms with Gasteiger partial charge < -0.3 is 9.80 Å². The van der Waals surface area contributed by atoms with Gasteiger partial charge in [0.2, 0.25) is 0 Å². The molecule has 0 aromatic heterocycles. The summed E-state index contributed by atoms with van der Waals surface area (Å²) in [5, 5.41) is 0. The van der Waals surface area contributed by atoms with Gasteiger partial charge in [0.1, 0.15) is 11.5 Å². The summed E-state index contributed by atoms with van der Waals surface area (Å²) in [5.74, 6) is -1.57. The van der Waals surface area contributed by atoms with E-state index in [1.54, 1.807) is 12.1 Å². The molecule has 0 spiro atoms. The van der Waals surface area contributed by atoms with Gasteiger partial charge in [-0.3, -0.25) is 9.59 Å². The molecular formula is C26H22FN3O2. The zero-order chi connectivity index (χ0) is 22.1. The van der Waals surface area contributed by atoms with Crippen LogP contribution in [0, 0.1) is 5.82 Å². The van der Waals surface area contributed by atoms with Gasteiger partial charge in [-0.05, 0) is 29.8 Å². The number of hydrogen-bond donors (Lipinski definition) is 0. The van der Waals surface area contributed by atoms with Crippen LogP contribution in [-0.4, -0.2) is 42.9 Å². The van der Waals surface area contributed by atoms with Crippen molar-refractivity contribution in [1.82, 2.24) is 4.90 Å². The molecule has 0 unspecified atom stereocenters. The number of hydrogen-bond acceptors (Lipinski definition) is 4. The van der Waals surface area contributed by atoms with E-state index in [4.69, 9.17) is 0 Å². The Hall–Kier alpha value is -3.93. The predicted molar refractivity (Wildman–Crippen MR) is 122 cm³/mol. The van der Waals surface area contributed by atoms with Crippen molar-refractivity contribution in [2.75, 3.05) is 36.0 Å². The number of piperazine rings is 1. The van der Waals surface area contributed by atoms with Crippen LogP contribution in [0.4, 0.5) is 15.8 Å². The molecule has 1 saturated heterocycles.